The van der Waals surface area contributed by atoms with Crippen LogP contribution in [-0.4, -0.2) is 11.7 Å². The average molecular weight is 166 g/mol. The zero-order valence-electron chi connectivity index (χ0n) is 7.58. The molecule has 0 amide bonds. The number of ether oxygens (including phenoxy) is 1. The van der Waals surface area contributed by atoms with E-state index in [0.717, 1.165) is 0 Å². The number of rotatable bonds is 4. The van der Waals surface area contributed by atoms with Gasteiger partial charge in [0.1, 0.15) is 0 Å². The van der Waals surface area contributed by atoms with Crippen LogP contribution in [0.15, 0.2) is 0 Å². The monoisotopic (exact) mass is 166 g/mol. The number of hydrogen-bond donors (Lipinski definition) is 0. The van der Waals surface area contributed by atoms with E-state index in [9.17, 15) is 8.78 Å². The second-order valence-corrected chi connectivity index (χ2v) is 3.01. The molecule has 1 nitrogen and oxygen atoms in total. The Hall–Kier alpha value is -0.180. The molecular weight excluding hydrogens is 150 g/mol. The second-order valence-electron chi connectivity index (χ2n) is 3.01. The standard InChI is InChI=1S/C8H16F2O/c1-5-7(3,9)11-8(4,10)6-2/h5-6H2,1-4H3. The van der Waals surface area contributed by atoms with Crippen molar-refractivity contribution in [2.75, 3.05) is 0 Å². The Balaban J connectivity index is 4.02. The third-order valence-corrected chi connectivity index (χ3v) is 1.69. The van der Waals surface area contributed by atoms with Crippen LogP contribution in [0, 0.1) is 0 Å². The van der Waals surface area contributed by atoms with Crippen molar-refractivity contribution in [3.63, 3.8) is 0 Å². The summed E-state index contributed by atoms with van der Waals surface area (Å²) in [5.41, 5.74) is 0. The van der Waals surface area contributed by atoms with Crippen molar-refractivity contribution >= 4 is 0 Å². The van der Waals surface area contributed by atoms with E-state index in [1.165, 1.54) is 13.8 Å². The van der Waals surface area contributed by atoms with Crippen LogP contribution in [0.2, 0.25) is 0 Å². The molecular formula is C8H16F2O. The van der Waals surface area contributed by atoms with Crippen molar-refractivity contribution in [3.8, 4) is 0 Å². The van der Waals surface area contributed by atoms with Gasteiger partial charge in [0.05, 0.1) is 0 Å². The van der Waals surface area contributed by atoms with Crippen LogP contribution in [0.3, 0.4) is 0 Å². The summed E-state index contributed by atoms with van der Waals surface area (Å²) in [6.45, 7) is 5.71. The van der Waals surface area contributed by atoms with E-state index in [2.05, 4.69) is 4.74 Å². The van der Waals surface area contributed by atoms with Gasteiger partial charge < -0.3 is 4.74 Å². The molecule has 0 fully saturated rings. The maximum Gasteiger partial charge on any atom is 0.209 e. The molecule has 0 saturated carbocycles. The van der Waals surface area contributed by atoms with Gasteiger partial charge in [0.25, 0.3) is 0 Å². The third-order valence-electron chi connectivity index (χ3n) is 1.69. The van der Waals surface area contributed by atoms with E-state index in [4.69, 9.17) is 0 Å². The van der Waals surface area contributed by atoms with Gasteiger partial charge in [-0.15, -0.1) is 0 Å². The van der Waals surface area contributed by atoms with Crippen LogP contribution >= 0.6 is 0 Å². The summed E-state index contributed by atoms with van der Waals surface area (Å²) in [5.74, 6) is -3.70. The molecule has 0 aliphatic heterocycles. The highest BCUT2D eigenvalue weighted by molar-refractivity contribution is 4.65. The average Bonchev–Trinajstić information content (AvgIpc) is 1.86. The molecule has 0 aromatic heterocycles. The zero-order chi connectivity index (χ0) is 9.12. The summed E-state index contributed by atoms with van der Waals surface area (Å²) in [6.07, 6.45) is 0.318. The second kappa shape index (κ2) is 3.48. The van der Waals surface area contributed by atoms with Crippen molar-refractivity contribution in [2.45, 2.75) is 52.2 Å². The molecule has 0 aliphatic rings. The fourth-order valence-corrected chi connectivity index (χ4v) is 0.588. The summed E-state index contributed by atoms with van der Waals surface area (Å²) in [7, 11) is 0. The Kier molecular flexibility index (Phi) is 3.42. The molecule has 0 spiro atoms. The fraction of sp³-hybridized carbons (Fsp3) is 1.00. The Morgan fingerprint density at radius 1 is 1.00 bits per heavy atom. The van der Waals surface area contributed by atoms with Gasteiger partial charge in [-0.25, -0.2) is 8.78 Å². The molecule has 2 atom stereocenters. The molecule has 0 heterocycles. The van der Waals surface area contributed by atoms with Gasteiger partial charge in [-0.2, -0.15) is 0 Å². The predicted octanol–water partition coefficient (Wildman–Crippen LogP) is 3.19. The van der Waals surface area contributed by atoms with E-state index < -0.39 is 11.7 Å². The molecule has 0 saturated heterocycles. The van der Waals surface area contributed by atoms with Crippen molar-refractivity contribution in [3.05, 3.63) is 0 Å². The van der Waals surface area contributed by atoms with Crippen molar-refractivity contribution in [1.29, 1.82) is 0 Å². The molecule has 0 aliphatic carbocycles. The van der Waals surface area contributed by atoms with Crippen LogP contribution in [0.4, 0.5) is 8.78 Å². The minimum absolute atomic E-state index is 0.159. The van der Waals surface area contributed by atoms with Gasteiger partial charge in [-0.05, 0) is 13.8 Å². The molecule has 0 rings (SSSR count). The number of alkyl halides is 2. The molecule has 0 aromatic rings. The van der Waals surface area contributed by atoms with Crippen LogP contribution in [0.25, 0.3) is 0 Å². The van der Waals surface area contributed by atoms with Crippen LogP contribution in [-0.2, 0) is 4.74 Å². The third kappa shape index (κ3) is 4.30. The van der Waals surface area contributed by atoms with Gasteiger partial charge in [0.2, 0.25) is 11.7 Å². The molecule has 3 heteroatoms. The first kappa shape index (κ1) is 10.8. The lowest BCUT2D eigenvalue weighted by molar-refractivity contribution is -0.260. The van der Waals surface area contributed by atoms with Crippen LogP contribution < -0.4 is 0 Å². The highest BCUT2D eigenvalue weighted by atomic mass is 19.2. The van der Waals surface area contributed by atoms with Crippen LogP contribution in [0.1, 0.15) is 40.5 Å². The van der Waals surface area contributed by atoms with E-state index in [1.54, 1.807) is 13.8 Å². The number of hydrogen-bond acceptors (Lipinski definition) is 1. The highest BCUT2D eigenvalue weighted by Crippen LogP contribution is 2.27. The Labute approximate surface area is 66.7 Å². The Bertz CT molecular complexity index is 107. The summed E-state index contributed by atoms with van der Waals surface area (Å²) in [6, 6.07) is 0. The maximum atomic E-state index is 13.0. The summed E-state index contributed by atoms with van der Waals surface area (Å²) >= 11 is 0. The smallest absolute Gasteiger partial charge is 0.209 e. The van der Waals surface area contributed by atoms with Crippen molar-refractivity contribution in [1.82, 2.24) is 0 Å². The van der Waals surface area contributed by atoms with Gasteiger partial charge >= 0.3 is 0 Å². The number of halogens is 2. The highest BCUT2D eigenvalue weighted by Gasteiger charge is 2.33. The van der Waals surface area contributed by atoms with Gasteiger partial charge in [-0.1, -0.05) is 13.8 Å². The first-order chi connectivity index (χ1) is 4.83. The summed E-state index contributed by atoms with van der Waals surface area (Å²) in [5, 5.41) is 0. The first-order valence-corrected chi connectivity index (χ1v) is 3.91. The largest absolute Gasteiger partial charge is 0.309 e. The lowest BCUT2D eigenvalue weighted by atomic mass is 10.2. The van der Waals surface area contributed by atoms with E-state index in [0.29, 0.717) is 0 Å². The molecule has 0 N–H and O–H groups in total. The molecule has 11 heavy (non-hydrogen) atoms. The lowest BCUT2D eigenvalue weighted by Crippen LogP contribution is -2.33. The SMILES string of the molecule is CCC(C)(F)OC(C)(F)CC. The summed E-state index contributed by atoms with van der Waals surface area (Å²) in [4.78, 5) is 0. The maximum absolute atomic E-state index is 13.0. The molecule has 0 aromatic carbocycles. The Morgan fingerprint density at radius 2 is 1.27 bits per heavy atom. The van der Waals surface area contributed by atoms with Gasteiger partial charge in [0, 0.05) is 12.8 Å². The van der Waals surface area contributed by atoms with E-state index in [1.807, 2.05) is 0 Å². The quantitative estimate of drug-likeness (QED) is 0.623. The van der Waals surface area contributed by atoms with Crippen LogP contribution in [0.5, 0.6) is 0 Å². The van der Waals surface area contributed by atoms with Gasteiger partial charge in [0.15, 0.2) is 0 Å². The minimum Gasteiger partial charge on any atom is -0.309 e. The molecule has 68 valence electrons. The molecule has 2 unspecified atom stereocenters. The van der Waals surface area contributed by atoms with E-state index in [-0.39, 0.29) is 12.8 Å². The first-order valence-electron chi connectivity index (χ1n) is 3.91. The molecule has 0 radical (unpaired) electrons. The lowest BCUT2D eigenvalue weighted by Gasteiger charge is -2.28. The normalized spacial score (nSPS) is 22.4. The van der Waals surface area contributed by atoms with Crippen molar-refractivity contribution in [2.24, 2.45) is 0 Å². The zero-order valence-corrected chi connectivity index (χ0v) is 7.58. The topological polar surface area (TPSA) is 9.23 Å². The molecule has 0 bridgehead atoms. The summed E-state index contributed by atoms with van der Waals surface area (Å²) < 4.78 is 30.7. The fourth-order valence-electron chi connectivity index (χ4n) is 0.588. The van der Waals surface area contributed by atoms with E-state index >= 15 is 0 Å². The Morgan fingerprint density at radius 3 is 1.45 bits per heavy atom. The minimum atomic E-state index is -1.85. The predicted molar refractivity (Wildman–Crippen MR) is 40.7 cm³/mol. The van der Waals surface area contributed by atoms with Crippen molar-refractivity contribution < 1.29 is 13.5 Å². The van der Waals surface area contributed by atoms with Gasteiger partial charge in [-0.3, -0.25) is 0 Å².